The molecule has 2 aliphatic rings. The van der Waals surface area contributed by atoms with Crippen LogP contribution in [0.5, 0.6) is 0 Å². The fourth-order valence-corrected chi connectivity index (χ4v) is 3.82. The Morgan fingerprint density at radius 1 is 1.22 bits per heavy atom. The minimum absolute atomic E-state index is 0. The zero-order chi connectivity index (χ0) is 15.6. The second kappa shape index (κ2) is 7.41. The van der Waals surface area contributed by atoms with Crippen molar-refractivity contribution in [1.82, 2.24) is 10.2 Å². The fraction of sp³-hybridized carbons (Fsp3) is 0.632. The quantitative estimate of drug-likeness (QED) is 0.448. The van der Waals surface area contributed by atoms with Gasteiger partial charge in [-0.25, -0.2) is 0 Å². The highest BCUT2D eigenvalue weighted by Gasteiger charge is 2.43. The van der Waals surface area contributed by atoms with Crippen LogP contribution in [-0.4, -0.2) is 37.5 Å². The average molecular weight is 427 g/mol. The summed E-state index contributed by atoms with van der Waals surface area (Å²) in [5.74, 6) is 1.08. The first-order chi connectivity index (χ1) is 10.5. The molecule has 1 aromatic rings. The van der Waals surface area contributed by atoms with Gasteiger partial charge in [0, 0.05) is 32.1 Å². The van der Waals surface area contributed by atoms with Crippen LogP contribution in [0.1, 0.15) is 45.1 Å². The maximum atomic E-state index is 4.52. The maximum Gasteiger partial charge on any atom is 0.193 e. The first kappa shape index (κ1) is 18.6. The van der Waals surface area contributed by atoms with Crippen LogP contribution in [-0.2, 0) is 5.41 Å². The molecule has 2 fully saturated rings. The Morgan fingerprint density at radius 2 is 1.91 bits per heavy atom. The molecule has 0 bridgehead atoms. The van der Waals surface area contributed by atoms with Crippen LogP contribution >= 0.6 is 24.0 Å². The molecule has 0 amide bonds. The topological polar surface area (TPSA) is 27.6 Å². The molecule has 23 heavy (non-hydrogen) atoms. The highest BCUT2D eigenvalue weighted by Crippen LogP contribution is 2.47. The fourth-order valence-electron chi connectivity index (χ4n) is 3.82. The molecule has 0 aromatic heterocycles. The van der Waals surface area contributed by atoms with Crippen molar-refractivity contribution in [3.05, 3.63) is 35.9 Å². The monoisotopic (exact) mass is 427 g/mol. The molecule has 128 valence electrons. The lowest BCUT2D eigenvalue weighted by Gasteiger charge is -2.38. The Hall–Kier alpha value is -0.780. The Balaban J connectivity index is 0.00000192. The maximum absolute atomic E-state index is 4.52. The van der Waals surface area contributed by atoms with Gasteiger partial charge in [-0.3, -0.25) is 4.99 Å². The van der Waals surface area contributed by atoms with Gasteiger partial charge in [0.15, 0.2) is 5.96 Å². The van der Waals surface area contributed by atoms with Crippen molar-refractivity contribution < 1.29 is 0 Å². The third kappa shape index (κ3) is 4.01. The van der Waals surface area contributed by atoms with Crippen LogP contribution < -0.4 is 5.32 Å². The van der Waals surface area contributed by atoms with Gasteiger partial charge in [-0.15, -0.1) is 24.0 Å². The Kier molecular flexibility index (Phi) is 5.98. The zero-order valence-corrected chi connectivity index (χ0v) is 17.0. The summed E-state index contributed by atoms with van der Waals surface area (Å²) in [6.45, 7) is 7.84. The van der Waals surface area contributed by atoms with E-state index >= 15 is 0 Å². The normalized spacial score (nSPS) is 20.1. The number of halogens is 1. The highest BCUT2D eigenvalue weighted by atomic mass is 127. The number of nitrogens with zero attached hydrogens (tertiary/aromatic N) is 2. The van der Waals surface area contributed by atoms with Crippen LogP contribution in [0.4, 0.5) is 0 Å². The molecule has 1 saturated carbocycles. The van der Waals surface area contributed by atoms with Gasteiger partial charge in [-0.2, -0.15) is 0 Å². The predicted octanol–water partition coefficient (Wildman–Crippen LogP) is 4.03. The van der Waals surface area contributed by atoms with Crippen molar-refractivity contribution in [2.24, 2.45) is 10.4 Å². The van der Waals surface area contributed by atoms with E-state index < -0.39 is 0 Å². The summed E-state index contributed by atoms with van der Waals surface area (Å²) in [7, 11) is 1.91. The lowest BCUT2D eigenvalue weighted by atomic mass is 9.68. The van der Waals surface area contributed by atoms with Gasteiger partial charge in [-0.1, -0.05) is 50.6 Å². The van der Waals surface area contributed by atoms with Crippen LogP contribution in [0.3, 0.4) is 0 Å². The summed E-state index contributed by atoms with van der Waals surface area (Å²) in [6, 6.07) is 10.7. The molecule has 1 aliphatic carbocycles. The highest BCUT2D eigenvalue weighted by molar-refractivity contribution is 14.0. The van der Waals surface area contributed by atoms with Crippen molar-refractivity contribution in [1.29, 1.82) is 0 Å². The summed E-state index contributed by atoms with van der Waals surface area (Å²) >= 11 is 0. The number of rotatable bonds is 3. The van der Waals surface area contributed by atoms with Gasteiger partial charge in [0.25, 0.3) is 0 Å². The van der Waals surface area contributed by atoms with Gasteiger partial charge in [0.1, 0.15) is 0 Å². The molecule has 0 unspecified atom stereocenters. The van der Waals surface area contributed by atoms with Crippen molar-refractivity contribution >= 4 is 29.9 Å². The van der Waals surface area contributed by atoms with Gasteiger partial charge in [0.2, 0.25) is 0 Å². The number of benzene rings is 1. The second-order valence-corrected chi connectivity index (χ2v) is 7.68. The number of likely N-dealkylation sites (tertiary alicyclic amines) is 1. The Morgan fingerprint density at radius 3 is 2.43 bits per heavy atom. The largest absolute Gasteiger partial charge is 0.355 e. The Labute approximate surface area is 158 Å². The summed E-state index contributed by atoms with van der Waals surface area (Å²) in [6.07, 6.45) is 5.59. The van der Waals surface area contributed by atoms with E-state index in [1.165, 1.54) is 37.8 Å². The molecule has 1 aliphatic heterocycles. The standard InChI is InChI=1S/C19H29N3.HI/c1-18(2,16-8-5-4-6-9-16)14-21-17(20-3)22-13-12-19(15-22)10-7-11-19;/h4-6,8-9H,7,10-15H2,1-3H3,(H,20,21);1H. The van der Waals surface area contributed by atoms with E-state index in [-0.39, 0.29) is 29.4 Å². The Bertz CT molecular complexity index is 535. The van der Waals surface area contributed by atoms with Gasteiger partial charge in [-0.05, 0) is 30.2 Å². The SMILES string of the molecule is CN=C(NCC(C)(C)c1ccccc1)N1CCC2(CCC2)C1.I. The molecule has 0 radical (unpaired) electrons. The third-order valence-electron chi connectivity index (χ3n) is 5.61. The molecule has 1 N–H and O–H groups in total. The minimum Gasteiger partial charge on any atom is -0.355 e. The summed E-state index contributed by atoms with van der Waals surface area (Å²) in [5.41, 5.74) is 2.09. The van der Waals surface area contributed by atoms with E-state index in [1.54, 1.807) is 0 Å². The van der Waals surface area contributed by atoms with E-state index in [1.807, 2.05) is 7.05 Å². The smallest absolute Gasteiger partial charge is 0.193 e. The minimum atomic E-state index is 0. The third-order valence-corrected chi connectivity index (χ3v) is 5.61. The molecular formula is C19H30IN3. The molecule has 0 atom stereocenters. The van der Waals surface area contributed by atoms with Gasteiger partial charge >= 0.3 is 0 Å². The van der Waals surface area contributed by atoms with E-state index in [4.69, 9.17) is 0 Å². The number of hydrogen-bond acceptors (Lipinski definition) is 1. The number of guanidine groups is 1. The van der Waals surface area contributed by atoms with Crippen molar-refractivity contribution in [2.75, 3.05) is 26.7 Å². The summed E-state index contributed by atoms with van der Waals surface area (Å²) < 4.78 is 0. The predicted molar refractivity (Wildman–Crippen MR) is 109 cm³/mol. The van der Waals surface area contributed by atoms with Crippen molar-refractivity contribution in [3.8, 4) is 0 Å². The zero-order valence-electron chi connectivity index (χ0n) is 14.6. The summed E-state index contributed by atoms with van der Waals surface area (Å²) in [5, 5.41) is 3.61. The van der Waals surface area contributed by atoms with Crippen molar-refractivity contribution in [2.45, 2.75) is 44.9 Å². The molecule has 1 saturated heterocycles. The molecule has 3 rings (SSSR count). The molecule has 1 aromatic carbocycles. The van der Waals surface area contributed by atoms with Gasteiger partial charge in [0.05, 0.1) is 0 Å². The molecule has 1 spiro atoms. The lowest BCUT2D eigenvalue weighted by molar-refractivity contribution is 0.151. The second-order valence-electron chi connectivity index (χ2n) is 7.68. The van der Waals surface area contributed by atoms with Crippen LogP contribution in [0.2, 0.25) is 0 Å². The van der Waals surface area contributed by atoms with E-state index in [0.717, 1.165) is 19.0 Å². The number of hydrogen-bond donors (Lipinski definition) is 1. The van der Waals surface area contributed by atoms with E-state index in [9.17, 15) is 0 Å². The van der Waals surface area contributed by atoms with Gasteiger partial charge < -0.3 is 10.2 Å². The molecule has 1 heterocycles. The lowest BCUT2D eigenvalue weighted by Crippen LogP contribution is -2.46. The van der Waals surface area contributed by atoms with Crippen LogP contribution in [0.25, 0.3) is 0 Å². The number of aliphatic imine (C=N–C) groups is 1. The molecule has 4 heteroatoms. The molecular weight excluding hydrogens is 397 g/mol. The first-order valence-corrected chi connectivity index (χ1v) is 8.56. The molecule has 3 nitrogen and oxygen atoms in total. The first-order valence-electron chi connectivity index (χ1n) is 8.56. The van der Waals surface area contributed by atoms with E-state index in [2.05, 4.69) is 59.4 Å². The average Bonchev–Trinajstić information content (AvgIpc) is 2.94. The summed E-state index contributed by atoms with van der Waals surface area (Å²) in [4.78, 5) is 6.98. The van der Waals surface area contributed by atoms with Crippen LogP contribution in [0, 0.1) is 5.41 Å². The number of nitrogens with one attached hydrogen (secondary N) is 1. The van der Waals surface area contributed by atoms with Crippen molar-refractivity contribution in [3.63, 3.8) is 0 Å². The van der Waals surface area contributed by atoms with Crippen LogP contribution in [0.15, 0.2) is 35.3 Å². The van der Waals surface area contributed by atoms with E-state index in [0.29, 0.717) is 5.41 Å².